The predicted molar refractivity (Wildman–Crippen MR) is 120 cm³/mol. The molecule has 2 aromatic rings. The second-order valence-corrected chi connectivity index (χ2v) is 9.61. The Hall–Kier alpha value is -2.24. The fourth-order valence-corrected chi connectivity index (χ4v) is 5.25. The Bertz CT molecular complexity index is 843. The van der Waals surface area contributed by atoms with E-state index in [2.05, 4.69) is 24.2 Å². The summed E-state index contributed by atoms with van der Waals surface area (Å²) in [4.78, 5) is 17.4. The number of quaternary nitrogens is 1. The summed E-state index contributed by atoms with van der Waals surface area (Å²) in [5.41, 5.74) is 0.447. The Labute approximate surface area is 185 Å². The number of hydrogen-bond acceptors (Lipinski definition) is 4. The third-order valence-electron chi connectivity index (χ3n) is 7.42. The summed E-state index contributed by atoms with van der Waals surface area (Å²) >= 11 is 0. The number of ether oxygens (including phenoxy) is 1. The predicted octanol–water partition coefficient (Wildman–Crippen LogP) is 3.85. The molecule has 2 aliphatic rings. The van der Waals surface area contributed by atoms with E-state index in [9.17, 15) is 9.90 Å². The van der Waals surface area contributed by atoms with Crippen LogP contribution in [0.4, 0.5) is 0 Å². The van der Waals surface area contributed by atoms with E-state index < -0.39 is 11.6 Å². The average Bonchev–Trinajstić information content (AvgIpc) is 3.36. The molecule has 5 heteroatoms. The molecule has 1 aliphatic heterocycles. The van der Waals surface area contributed by atoms with Gasteiger partial charge in [0.25, 0.3) is 0 Å². The number of esters is 1. The maximum absolute atomic E-state index is 13.3. The Morgan fingerprint density at radius 3 is 2.35 bits per heavy atom. The molecule has 1 N–H and O–H groups in total. The molecule has 166 valence electrons. The first-order valence-electron chi connectivity index (χ1n) is 11.7. The monoisotopic (exact) mass is 423 g/mol. The number of aromatic nitrogens is 1. The van der Waals surface area contributed by atoms with Crippen molar-refractivity contribution in [3.05, 3.63) is 66.0 Å². The molecule has 0 spiro atoms. The summed E-state index contributed by atoms with van der Waals surface area (Å²) in [5.74, 6) is -0.518. The molecule has 1 aliphatic carbocycles. The van der Waals surface area contributed by atoms with Crippen molar-refractivity contribution in [2.45, 2.75) is 56.7 Å². The normalized spacial score (nSPS) is 26.3. The van der Waals surface area contributed by atoms with Gasteiger partial charge in [0, 0.05) is 37.6 Å². The van der Waals surface area contributed by atoms with Crippen molar-refractivity contribution >= 4 is 5.97 Å². The van der Waals surface area contributed by atoms with Crippen molar-refractivity contribution in [1.82, 2.24) is 4.98 Å². The molecule has 0 radical (unpaired) electrons. The number of likely N-dealkylation sites (N-methyl/N-ethyl adjacent to an activating group) is 1. The SMILES string of the molecule is C[N+]1(CCc2ccncc2)CCC(OC(=O)C(O)(c2ccccc2)C2CCCC2)CC1. The van der Waals surface area contributed by atoms with Crippen LogP contribution in [0.3, 0.4) is 0 Å². The van der Waals surface area contributed by atoms with Crippen molar-refractivity contribution in [3.8, 4) is 0 Å². The van der Waals surface area contributed by atoms with Crippen molar-refractivity contribution < 1.29 is 19.1 Å². The Kier molecular flexibility index (Phi) is 6.73. The number of pyridine rings is 1. The largest absolute Gasteiger partial charge is 0.460 e. The van der Waals surface area contributed by atoms with E-state index in [-0.39, 0.29) is 12.0 Å². The Balaban J connectivity index is 1.37. The minimum Gasteiger partial charge on any atom is -0.460 e. The molecule has 31 heavy (non-hydrogen) atoms. The van der Waals surface area contributed by atoms with Gasteiger partial charge in [-0.2, -0.15) is 0 Å². The van der Waals surface area contributed by atoms with E-state index in [0.29, 0.717) is 5.56 Å². The van der Waals surface area contributed by atoms with Crippen molar-refractivity contribution in [1.29, 1.82) is 0 Å². The van der Waals surface area contributed by atoms with Gasteiger partial charge in [0.1, 0.15) is 6.10 Å². The second kappa shape index (κ2) is 9.49. The highest BCUT2D eigenvalue weighted by Gasteiger charge is 2.49. The van der Waals surface area contributed by atoms with Gasteiger partial charge in [0.05, 0.1) is 26.7 Å². The maximum atomic E-state index is 13.3. The number of aliphatic hydroxyl groups is 1. The molecule has 1 aromatic carbocycles. The number of nitrogens with zero attached hydrogens (tertiary/aromatic N) is 2. The standard InChI is InChI=1S/C26H35N2O3/c1-28(18-13-21-11-16-27-17-12-21)19-14-24(15-20-28)31-25(29)26(30,23-9-5-6-10-23)22-7-3-2-4-8-22/h2-4,7-8,11-12,16-17,23-24,30H,5-6,9-10,13-15,18-20H2,1H3/q+1. The van der Waals surface area contributed by atoms with E-state index in [1.54, 1.807) is 0 Å². The van der Waals surface area contributed by atoms with Gasteiger partial charge in [0.2, 0.25) is 0 Å². The zero-order chi connectivity index (χ0) is 21.7. The van der Waals surface area contributed by atoms with Gasteiger partial charge in [-0.05, 0) is 36.1 Å². The number of carbonyl (C=O) groups excluding carboxylic acids is 1. The molecule has 1 atom stereocenters. The van der Waals surface area contributed by atoms with Crippen LogP contribution in [-0.2, 0) is 21.6 Å². The third kappa shape index (κ3) is 4.99. The van der Waals surface area contributed by atoms with Crippen molar-refractivity contribution in [2.75, 3.05) is 26.7 Å². The van der Waals surface area contributed by atoms with Crippen molar-refractivity contribution in [3.63, 3.8) is 0 Å². The van der Waals surface area contributed by atoms with Gasteiger partial charge in [-0.1, -0.05) is 43.2 Å². The lowest BCUT2D eigenvalue weighted by Crippen LogP contribution is -2.53. The quantitative estimate of drug-likeness (QED) is 0.543. The molecule has 0 amide bonds. The average molecular weight is 424 g/mol. The third-order valence-corrected chi connectivity index (χ3v) is 7.42. The highest BCUT2D eigenvalue weighted by atomic mass is 16.6. The summed E-state index contributed by atoms with van der Waals surface area (Å²) in [6.07, 6.45) is 10.1. The first-order valence-corrected chi connectivity index (χ1v) is 11.7. The lowest BCUT2D eigenvalue weighted by atomic mass is 9.80. The first-order chi connectivity index (χ1) is 15.0. The highest BCUT2D eigenvalue weighted by Crippen LogP contribution is 2.42. The molecule has 4 rings (SSSR count). The number of hydrogen-bond donors (Lipinski definition) is 1. The van der Waals surface area contributed by atoms with Gasteiger partial charge in [0.15, 0.2) is 5.60 Å². The van der Waals surface area contributed by atoms with Crippen LogP contribution >= 0.6 is 0 Å². The number of carbonyl (C=O) groups is 1. The molecular weight excluding hydrogens is 388 g/mol. The van der Waals surface area contributed by atoms with Gasteiger partial charge >= 0.3 is 5.97 Å². The molecule has 1 saturated heterocycles. The number of piperidine rings is 1. The van der Waals surface area contributed by atoms with Crippen LogP contribution in [0.15, 0.2) is 54.9 Å². The summed E-state index contributed by atoms with van der Waals surface area (Å²) in [5, 5.41) is 11.6. The molecule has 5 nitrogen and oxygen atoms in total. The zero-order valence-electron chi connectivity index (χ0n) is 18.6. The summed E-state index contributed by atoms with van der Waals surface area (Å²) in [7, 11) is 2.29. The molecule has 1 aromatic heterocycles. The van der Waals surface area contributed by atoms with Crippen LogP contribution in [0.1, 0.15) is 49.7 Å². The summed E-state index contributed by atoms with van der Waals surface area (Å²) in [6, 6.07) is 13.5. The van der Waals surface area contributed by atoms with Crippen LogP contribution in [-0.4, -0.2) is 53.3 Å². The number of likely N-dealkylation sites (tertiary alicyclic amines) is 1. The van der Waals surface area contributed by atoms with Gasteiger partial charge < -0.3 is 14.3 Å². The molecule has 0 bridgehead atoms. The molecular formula is C26H35N2O3+. The van der Waals surface area contributed by atoms with Crippen LogP contribution in [0.5, 0.6) is 0 Å². The van der Waals surface area contributed by atoms with Crippen molar-refractivity contribution in [2.24, 2.45) is 5.92 Å². The lowest BCUT2D eigenvalue weighted by molar-refractivity contribution is -0.914. The number of benzene rings is 1. The Morgan fingerprint density at radius 1 is 1.06 bits per heavy atom. The van der Waals surface area contributed by atoms with Gasteiger partial charge in [-0.15, -0.1) is 0 Å². The van der Waals surface area contributed by atoms with Crippen LogP contribution < -0.4 is 0 Å². The van der Waals surface area contributed by atoms with Crippen LogP contribution in [0.25, 0.3) is 0 Å². The van der Waals surface area contributed by atoms with E-state index in [1.165, 1.54) is 5.56 Å². The molecule has 2 fully saturated rings. The summed E-state index contributed by atoms with van der Waals surface area (Å²) in [6.45, 7) is 3.03. The van der Waals surface area contributed by atoms with E-state index in [1.807, 2.05) is 42.7 Å². The van der Waals surface area contributed by atoms with E-state index in [4.69, 9.17) is 4.74 Å². The van der Waals surface area contributed by atoms with E-state index in [0.717, 1.165) is 69.1 Å². The molecule has 2 heterocycles. The topological polar surface area (TPSA) is 59.4 Å². The fourth-order valence-electron chi connectivity index (χ4n) is 5.25. The second-order valence-electron chi connectivity index (χ2n) is 9.61. The molecule has 1 saturated carbocycles. The van der Waals surface area contributed by atoms with Gasteiger partial charge in [-0.3, -0.25) is 4.98 Å². The highest BCUT2D eigenvalue weighted by molar-refractivity contribution is 5.81. The smallest absolute Gasteiger partial charge is 0.343 e. The molecule has 1 unspecified atom stereocenters. The number of rotatable bonds is 7. The van der Waals surface area contributed by atoms with E-state index >= 15 is 0 Å². The zero-order valence-corrected chi connectivity index (χ0v) is 18.6. The summed E-state index contributed by atoms with van der Waals surface area (Å²) < 4.78 is 6.96. The van der Waals surface area contributed by atoms with Gasteiger partial charge in [-0.25, -0.2) is 4.79 Å². The lowest BCUT2D eigenvalue weighted by Gasteiger charge is -2.41. The fraction of sp³-hybridized carbons (Fsp3) is 0.538. The minimum absolute atomic E-state index is 0.0626. The first kappa shape index (κ1) is 22.0. The maximum Gasteiger partial charge on any atom is 0.343 e. The van der Waals surface area contributed by atoms with Crippen LogP contribution in [0, 0.1) is 5.92 Å². The van der Waals surface area contributed by atoms with Crippen LogP contribution in [0.2, 0.25) is 0 Å². The Morgan fingerprint density at radius 2 is 1.71 bits per heavy atom. The minimum atomic E-state index is -1.53.